The quantitative estimate of drug-likeness (QED) is 0.800. The van der Waals surface area contributed by atoms with Gasteiger partial charge in [0.15, 0.2) is 0 Å². The Morgan fingerprint density at radius 1 is 1.17 bits per heavy atom. The summed E-state index contributed by atoms with van der Waals surface area (Å²) in [5, 5.41) is 6.30. The number of halogens is 2. The predicted octanol–water partition coefficient (Wildman–Crippen LogP) is 3.18. The molecule has 23 heavy (non-hydrogen) atoms. The molecule has 0 aliphatic heterocycles. The topological polar surface area (TPSA) is 41.1 Å². The third-order valence-electron chi connectivity index (χ3n) is 5.06. The van der Waals surface area contributed by atoms with Crippen molar-refractivity contribution in [3.63, 3.8) is 0 Å². The van der Waals surface area contributed by atoms with Gasteiger partial charge in [0, 0.05) is 12.0 Å². The summed E-state index contributed by atoms with van der Waals surface area (Å²) in [4.78, 5) is 12.0. The van der Waals surface area contributed by atoms with Gasteiger partial charge in [-0.3, -0.25) is 4.79 Å². The molecular formula is C18H26ClFN2O. The fourth-order valence-electron chi connectivity index (χ4n) is 3.46. The number of hydrogen-bond acceptors (Lipinski definition) is 2. The van der Waals surface area contributed by atoms with Crippen molar-refractivity contribution in [2.45, 2.75) is 43.9 Å². The molecule has 2 aliphatic carbocycles. The highest BCUT2D eigenvalue weighted by Crippen LogP contribution is 2.40. The molecule has 1 aromatic rings. The molecule has 1 aromatic carbocycles. The molecule has 0 radical (unpaired) electrons. The summed E-state index contributed by atoms with van der Waals surface area (Å²) in [5.41, 5.74) is 1.14. The van der Waals surface area contributed by atoms with Crippen molar-refractivity contribution in [3.05, 3.63) is 35.6 Å². The van der Waals surface area contributed by atoms with Gasteiger partial charge in [-0.15, -0.1) is 12.4 Å². The lowest BCUT2D eigenvalue weighted by molar-refractivity contribution is -0.120. The fraction of sp³-hybridized carbons (Fsp3) is 0.611. The van der Waals surface area contributed by atoms with Crippen LogP contribution in [0.4, 0.5) is 4.39 Å². The number of rotatable bonds is 7. The van der Waals surface area contributed by atoms with E-state index in [0.717, 1.165) is 30.9 Å². The predicted molar refractivity (Wildman–Crippen MR) is 92.4 cm³/mol. The first-order valence-corrected chi connectivity index (χ1v) is 8.41. The largest absolute Gasteiger partial charge is 0.354 e. The minimum atomic E-state index is -0.204. The van der Waals surface area contributed by atoms with Crippen LogP contribution in [0.1, 0.15) is 44.1 Å². The molecule has 0 heterocycles. The minimum absolute atomic E-state index is 0. The lowest BCUT2D eigenvalue weighted by Crippen LogP contribution is -2.42. The summed E-state index contributed by atoms with van der Waals surface area (Å²) in [6.07, 6.45) is 7.06. The van der Waals surface area contributed by atoms with Gasteiger partial charge in [0.05, 0.1) is 6.54 Å². The molecule has 5 heteroatoms. The highest BCUT2D eigenvalue weighted by Gasteiger charge is 2.35. The molecule has 1 amide bonds. The number of nitrogens with one attached hydrogen (secondary N) is 2. The minimum Gasteiger partial charge on any atom is -0.354 e. The van der Waals surface area contributed by atoms with E-state index in [4.69, 9.17) is 0 Å². The number of carbonyl (C=O) groups is 1. The standard InChI is InChI=1S/C18H25FN2O.ClH/c19-16-7-5-15(6-8-16)18(9-1-2-10-18)13-21-17(22)12-20-11-14-3-4-14;/h5-8,14,20H,1-4,9-13H2,(H,21,22);1H. The molecule has 2 saturated carbocycles. The van der Waals surface area contributed by atoms with Crippen LogP contribution in [-0.2, 0) is 10.2 Å². The highest BCUT2D eigenvalue weighted by molar-refractivity contribution is 5.85. The Kier molecular flexibility index (Phi) is 6.42. The van der Waals surface area contributed by atoms with Crippen molar-refractivity contribution in [2.75, 3.05) is 19.6 Å². The molecule has 0 aromatic heterocycles. The third-order valence-corrected chi connectivity index (χ3v) is 5.06. The summed E-state index contributed by atoms with van der Waals surface area (Å²) in [5.74, 6) is 0.646. The molecule has 3 nitrogen and oxygen atoms in total. The number of carbonyl (C=O) groups excluding carboxylic acids is 1. The molecule has 2 aliphatic rings. The maximum absolute atomic E-state index is 13.1. The Morgan fingerprint density at radius 3 is 2.43 bits per heavy atom. The molecule has 128 valence electrons. The number of amides is 1. The Balaban J connectivity index is 0.00000192. The van der Waals surface area contributed by atoms with Crippen LogP contribution in [0.2, 0.25) is 0 Å². The zero-order chi connectivity index (χ0) is 15.4. The van der Waals surface area contributed by atoms with Gasteiger partial charge in [-0.2, -0.15) is 0 Å². The molecule has 3 rings (SSSR count). The van der Waals surface area contributed by atoms with E-state index >= 15 is 0 Å². The maximum atomic E-state index is 13.1. The summed E-state index contributed by atoms with van der Waals surface area (Å²) in [6, 6.07) is 6.79. The van der Waals surface area contributed by atoms with Crippen LogP contribution in [0.3, 0.4) is 0 Å². The van der Waals surface area contributed by atoms with Crippen LogP contribution in [-0.4, -0.2) is 25.5 Å². The Morgan fingerprint density at radius 2 is 1.83 bits per heavy atom. The summed E-state index contributed by atoms with van der Waals surface area (Å²) >= 11 is 0. The zero-order valence-electron chi connectivity index (χ0n) is 13.4. The monoisotopic (exact) mass is 340 g/mol. The molecule has 2 fully saturated rings. The van der Waals surface area contributed by atoms with Crippen molar-refractivity contribution < 1.29 is 9.18 Å². The molecule has 0 bridgehead atoms. The molecule has 0 atom stereocenters. The highest BCUT2D eigenvalue weighted by atomic mass is 35.5. The molecule has 2 N–H and O–H groups in total. The van der Waals surface area contributed by atoms with Gasteiger partial charge in [0.2, 0.25) is 5.91 Å². The molecule has 0 unspecified atom stereocenters. The van der Waals surface area contributed by atoms with Gasteiger partial charge < -0.3 is 10.6 Å². The first-order valence-electron chi connectivity index (χ1n) is 8.41. The lowest BCUT2D eigenvalue weighted by Gasteiger charge is -2.30. The van der Waals surface area contributed by atoms with E-state index in [9.17, 15) is 9.18 Å². The van der Waals surface area contributed by atoms with Crippen molar-refractivity contribution >= 4 is 18.3 Å². The van der Waals surface area contributed by atoms with Crippen molar-refractivity contribution in [3.8, 4) is 0 Å². The zero-order valence-corrected chi connectivity index (χ0v) is 14.3. The van der Waals surface area contributed by atoms with Crippen molar-refractivity contribution in [1.82, 2.24) is 10.6 Å². The maximum Gasteiger partial charge on any atom is 0.233 e. The van der Waals surface area contributed by atoms with Crippen LogP contribution < -0.4 is 10.6 Å². The van der Waals surface area contributed by atoms with Crippen molar-refractivity contribution in [2.24, 2.45) is 5.92 Å². The third kappa shape index (κ3) is 4.92. The first kappa shape index (κ1) is 18.2. The Labute approximate surface area is 143 Å². The second-order valence-electron chi connectivity index (χ2n) is 6.85. The van der Waals surface area contributed by atoms with Gasteiger partial charge in [-0.25, -0.2) is 4.39 Å². The van der Waals surface area contributed by atoms with Crippen LogP contribution in [0, 0.1) is 11.7 Å². The molecular weight excluding hydrogens is 315 g/mol. The van der Waals surface area contributed by atoms with Crippen LogP contribution >= 0.6 is 12.4 Å². The van der Waals surface area contributed by atoms with Crippen LogP contribution in [0.5, 0.6) is 0 Å². The fourth-order valence-corrected chi connectivity index (χ4v) is 3.46. The Hall–Kier alpha value is -1.13. The molecule has 0 saturated heterocycles. The van der Waals surface area contributed by atoms with E-state index in [0.29, 0.717) is 13.1 Å². The van der Waals surface area contributed by atoms with E-state index in [1.54, 1.807) is 0 Å². The second kappa shape index (κ2) is 8.11. The van der Waals surface area contributed by atoms with E-state index in [-0.39, 0.29) is 29.5 Å². The average molecular weight is 341 g/mol. The summed E-state index contributed by atoms with van der Waals surface area (Å²) < 4.78 is 13.1. The normalized spacial score (nSPS) is 19.2. The Bertz CT molecular complexity index is 510. The van der Waals surface area contributed by atoms with E-state index in [1.165, 1.54) is 37.8 Å². The smallest absolute Gasteiger partial charge is 0.233 e. The number of hydrogen-bond donors (Lipinski definition) is 2. The van der Waals surface area contributed by atoms with Crippen molar-refractivity contribution in [1.29, 1.82) is 0 Å². The van der Waals surface area contributed by atoms with Gasteiger partial charge in [0.25, 0.3) is 0 Å². The van der Waals surface area contributed by atoms with E-state index in [1.807, 2.05) is 12.1 Å². The van der Waals surface area contributed by atoms with Gasteiger partial charge >= 0.3 is 0 Å². The van der Waals surface area contributed by atoms with Gasteiger partial charge in [-0.05, 0) is 55.8 Å². The van der Waals surface area contributed by atoms with E-state index < -0.39 is 0 Å². The van der Waals surface area contributed by atoms with Gasteiger partial charge in [0.1, 0.15) is 5.82 Å². The van der Waals surface area contributed by atoms with Gasteiger partial charge in [-0.1, -0.05) is 25.0 Å². The molecule has 0 spiro atoms. The SMILES string of the molecule is Cl.O=C(CNCC1CC1)NCC1(c2ccc(F)cc2)CCCC1. The summed E-state index contributed by atoms with van der Waals surface area (Å²) in [7, 11) is 0. The van der Waals surface area contributed by atoms with Crippen LogP contribution in [0.15, 0.2) is 24.3 Å². The summed E-state index contributed by atoms with van der Waals surface area (Å²) in [6.45, 7) is 2.01. The second-order valence-corrected chi connectivity index (χ2v) is 6.85. The number of benzene rings is 1. The van der Waals surface area contributed by atoms with E-state index in [2.05, 4.69) is 10.6 Å². The first-order chi connectivity index (χ1) is 10.7. The van der Waals surface area contributed by atoms with Crippen LogP contribution in [0.25, 0.3) is 0 Å². The lowest BCUT2D eigenvalue weighted by atomic mass is 9.79. The average Bonchev–Trinajstić information content (AvgIpc) is 3.22.